The molecule has 122 valence electrons. The van der Waals surface area contributed by atoms with Gasteiger partial charge in [0.2, 0.25) is 0 Å². The van der Waals surface area contributed by atoms with Crippen molar-refractivity contribution in [2.24, 2.45) is 0 Å². The van der Waals surface area contributed by atoms with Crippen molar-refractivity contribution in [1.29, 1.82) is 0 Å². The third-order valence-electron chi connectivity index (χ3n) is 4.95. The summed E-state index contributed by atoms with van der Waals surface area (Å²) in [5.74, 6) is -0.177. The van der Waals surface area contributed by atoms with Crippen LogP contribution in [0, 0.1) is 6.92 Å². The highest BCUT2D eigenvalue weighted by Gasteiger charge is 2.33. The molecule has 7 heteroatoms. The van der Waals surface area contributed by atoms with Gasteiger partial charge in [0.15, 0.2) is 4.96 Å². The van der Waals surface area contributed by atoms with Crippen molar-refractivity contribution in [1.82, 2.24) is 19.2 Å². The van der Waals surface area contributed by atoms with Crippen LogP contribution < -0.4 is 5.56 Å². The minimum atomic E-state index is -0.247. The average Bonchev–Trinajstić information content (AvgIpc) is 3.27. The summed E-state index contributed by atoms with van der Waals surface area (Å²) < 4.78 is 1.53. The first-order valence-corrected chi connectivity index (χ1v) is 9.02. The maximum atomic E-state index is 12.8. The lowest BCUT2D eigenvalue weighted by molar-refractivity contribution is 0.0777. The van der Waals surface area contributed by atoms with E-state index in [1.807, 2.05) is 17.2 Å². The highest BCUT2D eigenvalue weighted by Crippen LogP contribution is 2.21. The molecule has 0 saturated carbocycles. The van der Waals surface area contributed by atoms with Gasteiger partial charge in [-0.25, -0.2) is 4.98 Å². The van der Waals surface area contributed by atoms with Gasteiger partial charge in [-0.05, 0) is 39.3 Å². The molecule has 2 saturated heterocycles. The van der Waals surface area contributed by atoms with Crippen LogP contribution in [0.5, 0.6) is 0 Å². The van der Waals surface area contributed by atoms with Crippen molar-refractivity contribution in [2.45, 2.75) is 32.2 Å². The summed E-state index contributed by atoms with van der Waals surface area (Å²) in [7, 11) is 0. The van der Waals surface area contributed by atoms with E-state index in [4.69, 9.17) is 0 Å². The van der Waals surface area contributed by atoms with Crippen LogP contribution in [0.25, 0.3) is 4.96 Å². The molecule has 0 radical (unpaired) electrons. The summed E-state index contributed by atoms with van der Waals surface area (Å²) in [6.07, 6.45) is 4.95. The van der Waals surface area contributed by atoms with Crippen LogP contribution in [0.15, 0.2) is 16.4 Å². The molecule has 4 heterocycles. The Labute approximate surface area is 138 Å². The number of likely N-dealkylation sites (tertiary alicyclic amines) is 2. The number of thiazole rings is 1. The fourth-order valence-electron chi connectivity index (χ4n) is 3.67. The number of carbonyl (C=O) groups excluding carboxylic acids is 1. The Hall–Kier alpha value is -1.73. The molecule has 2 fully saturated rings. The first-order chi connectivity index (χ1) is 11.1. The van der Waals surface area contributed by atoms with Crippen LogP contribution in [-0.4, -0.2) is 57.3 Å². The lowest BCUT2D eigenvalue weighted by atomic mass is 10.2. The molecule has 2 aromatic rings. The number of hydrogen-bond acceptors (Lipinski definition) is 5. The molecule has 2 aromatic heterocycles. The summed E-state index contributed by atoms with van der Waals surface area (Å²) in [5.41, 5.74) is 0.767. The number of rotatable bonds is 2. The summed E-state index contributed by atoms with van der Waals surface area (Å²) in [6, 6.07) is 0.448. The van der Waals surface area contributed by atoms with E-state index in [1.54, 1.807) is 0 Å². The second kappa shape index (κ2) is 5.72. The first kappa shape index (κ1) is 14.8. The third kappa shape index (κ3) is 2.48. The molecule has 1 amide bonds. The maximum Gasteiger partial charge on any atom is 0.271 e. The van der Waals surface area contributed by atoms with E-state index in [2.05, 4.69) is 9.88 Å². The number of aryl methyl sites for hydroxylation is 1. The zero-order valence-corrected chi connectivity index (χ0v) is 14.0. The predicted octanol–water partition coefficient (Wildman–Crippen LogP) is 1.37. The van der Waals surface area contributed by atoms with Crippen LogP contribution in [0.4, 0.5) is 0 Å². The lowest BCUT2D eigenvalue weighted by Gasteiger charge is -2.23. The van der Waals surface area contributed by atoms with Crippen molar-refractivity contribution < 1.29 is 4.79 Å². The fraction of sp³-hybridized carbons (Fsp3) is 0.562. The molecule has 6 nitrogen and oxygen atoms in total. The number of nitrogens with zero attached hydrogens (tertiary/aromatic N) is 4. The number of amides is 1. The van der Waals surface area contributed by atoms with E-state index in [9.17, 15) is 9.59 Å². The Balaban J connectivity index is 1.59. The summed E-state index contributed by atoms with van der Waals surface area (Å²) in [6.45, 7) is 5.59. The van der Waals surface area contributed by atoms with E-state index >= 15 is 0 Å². The van der Waals surface area contributed by atoms with Gasteiger partial charge in [0, 0.05) is 36.4 Å². The van der Waals surface area contributed by atoms with Crippen LogP contribution in [0.1, 0.15) is 35.3 Å². The van der Waals surface area contributed by atoms with Crippen molar-refractivity contribution in [3.63, 3.8) is 0 Å². The van der Waals surface area contributed by atoms with Gasteiger partial charge in [0.1, 0.15) is 5.56 Å². The zero-order valence-electron chi connectivity index (χ0n) is 13.2. The number of carbonyl (C=O) groups is 1. The average molecular weight is 332 g/mol. The Kier molecular flexibility index (Phi) is 3.69. The molecule has 23 heavy (non-hydrogen) atoms. The standard InChI is InChI=1S/C16H20N4O2S/c1-11-10-23-16-17-8-13(15(22)20(11)16)14(21)19-7-4-12(9-19)18-5-2-3-6-18/h8,10,12H,2-7,9H2,1H3. The fourth-order valence-corrected chi connectivity index (χ4v) is 4.50. The number of aromatic nitrogens is 2. The smallest absolute Gasteiger partial charge is 0.271 e. The van der Waals surface area contributed by atoms with Crippen LogP contribution in [0.2, 0.25) is 0 Å². The Morgan fingerprint density at radius 3 is 2.87 bits per heavy atom. The topological polar surface area (TPSA) is 57.9 Å². The van der Waals surface area contributed by atoms with Crippen LogP contribution in [-0.2, 0) is 0 Å². The molecule has 0 aromatic carbocycles. The van der Waals surface area contributed by atoms with E-state index in [0.29, 0.717) is 11.0 Å². The largest absolute Gasteiger partial charge is 0.337 e. The molecular weight excluding hydrogens is 312 g/mol. The molecule has 1 atom stereocenters. The Bertz CT molecular complexity index is 806. The van der Waals surface area contributed by atoms with Crippen molar-refractivity contribution in [3.8, 4) is 0 Å². The van der Waals surface area contributed by atoms with Crippen LogP contribution >= 0.6 is 11.3 Å². The van der Waals surface area contributed by atoms with Gasteiger partial charge in [-0.3, -0.25) is 18.9 Å². The molecule has 4 rings (SSSR count). The van der Waals surface area contributed by atoms with Gasteiger partial charge >= 0.3 is 0 Å². The van der Waals surface area contributed by atoms with Gasteiger partial charge in [0.05, 0.1) is 0 Å². The predicted molar refractivity (Wildman–Crippen MR) is 89.2 cm³/mol. The highest BCUT2D eigenvalue weighted by molar-refractivity contribution is 7.15. The second-order valence-electron chi connectivity index (χ2n) is 6.41. The van der Waals surface area contributed by atoms with Crippen molar-refractivity contribution in [3.05, 3.63) is 33.2 Å². The molecule has 1 unspecified atom stereocenters. The lowest BCUT2D eigenvalue weighted by Crippen LogP contribution is -2.39. The molecule has 2 aliphatic heterocycles. The summed E-state index contributed by atoms with van der Waals surface area (Å²) in [4.78, 5) is 34.6. The Morgan fingerprint density at radius 1 is 1.30 bits per heavy atom. The van der Waals surface area contributed by atoms with Crippen molar-refractivity contribution in [2.75, 3.05) is 26.2 Å². The zero-order chi connectivity index (χ0) is 16.0. The molecule has 2 aliphatic rings. The van der Waals surface area contributed by atoms with Gasteiger partial charge in [-0.2, -0.15) is 0 Å². The van der Waals surface area contributed by atoms with E-state index < -0.39 is 0 Å². The normalized spacial score (nSPS) is 22.3. The second-order valence-corrected chi connectivity index (χ2v) is 7.25. The first-order valence-electron chi connectivity index (χ1n) is 8.14. The molecule has 0 aliphatic carbocycles. The SMILES string of the molecule is Cc1csc2ncc(C(=O)N3CCC(N4CCCC4)C3)c(=O)n12. The van der Waals surface area contributed by atoms with Gasteiger partial charge < -0.3 is 4.90 Å². The van der Waals surface area contributed by atoms with Gasteiger partial charge in [-0.15, -0.1) is 11.3 Å². The van der Waals surface area contributed by atoms with E-state index in [-0.39, 0.29) is 17.0 Å². The molecule has 0 N–H and O–H groups in total. The quantitative estimate of drug-likeness (QED) is 0.834. The minimum absolute atomic E-state index is 0.177. The summed E-state index contributed by atoms with van der Waals surface area (Å²) in [5, 5.41) is 1.89. The maximum absolute atomic E-state index is 12.8. The van der Waals surface area contributed by atoms with E-state index in [0.717, 1.165) is 38.3 Å². The molecule has 0 bridgehead atoms. The van der Waals surface area contributed by atoms with Gasteiger partial charge in [-0.1, -0.05) is 0 Å². The molecular formula is C16H20N4O2S. The summed E-state index contributed by atoms with van der Waals surface area (Å²) >= 11 is 1.42. The van der Waals surface area contributed by atoms with Gasteiger partial charge in [0.25, 0.3) is 11.5 Å². The Morgan fingerprint density at radius 2 is 2.09 bits per heavy atom. The third-order valence-corrected chi connectivity index (χ3v) is 5.91. The number of hydrogen-bond donors (Lipinski definition) is 0. The van der Waals surface area contributed by atoms with Crippen LogP contribution in [0.3, 0.4) is 0 Å². The minimum Gasteiger partial charge on any atom is -0.337 e. The monoisotopic (exact) mass is 332 g/mol. The van der Waals surface area contributed by atoms with E-state index in [1.165, 1.54) is 34.8 Å². The highest BCUT2D eigenvalue weighted by atomic mass is 32.1. The number of fused-ring (bicyclic) bond motifs is 1. The van der Waals surface area contributed by atoms with Crippen molar-refractivity contribution >= 4 is 22.2 Å². The molecule has 0 spiro atoms.